The molecular formula is C13H13N3O4S. The summed E-state index contributed by atoms with van der Waals surface area (Å²) >= 11 is 0. The smallest absolute Gasteiger partial charge is 0.258 e. The molecule has 8 heteroatoms. The number of aromatic nitrogens is 1. The van der Waals surface area contributed by atoms with Crippen molar-refractivity contribution in [2.75, 3.05) is 11.4 Å². The van der Waals surface area contributed by atoms with E-state index >= 15 is 0 Å². The number of sulfonamides is 1. The summed E-state index contributed by atoms with van der Waals surface area (Å²) in [5.74, 6) is -0.201. The maximum Gasteiger partial charge on any atom is 0.273 e. The van der Waals surface area contributed by atoms with Gasteiger partial charge in [0, 0.05) is 24.9 Å². The number of pyridine rings is 1. The molecule has 2 rings (SSSR count). The molecule has 0 bridgehead atoms. The maximum absolute atomic E-state index is 12.3. The number of hydrogen-bond donors (Lipinski definition) is 0. The van der Waals surface area contributed by atoms with Gasteiger partial charge in [-0.2, -0.15) is 0 Å². The molecule has 0 saturated heterocycles. The molecule has 0 fully saturated rings. The van der Waals surface area contributed by atoms with Crippen LogP contribution < -0.4 is 4.31 Å². The van der Waals surface area contributed by atoms with Crippen LogP contribution in [0.2, 0.25) is 0 Å². The molecule has 0 aliphatic heterocycles. The molecule has 1 heterocycles. The average Bonchev–Trinajstić information content (AvgIpc) is 2.47. The highest BCUT2D eigenvalue weighted by Gasteiger charge is 2.24. The van der Waals surface area contributed by atoms with Gasteiger partial charge in [0.05, 0.1) is 4.92 Å². The number of benzene rings is 1. The van der Waals surface area contributed by atoms with Crippen LogP contribution in [0.5, 0.6) is 0 Å². The molecule has 0 unspecified atom stereocenters. The predicted octanol–water partition coefficient (Wildman–Crippen LogP) is 1.96. The largest absolute Gasteiger partial charge is 0.273 e. The second-order valence-corrected chi connectivity index (χ2v) is 6.30. The van der Waals surface area contributed by atoms with Gasteiger partial charge in [0.2, 0.25) is 10.0 Å². The van der Waals surface area contributed by atoms with Gasteiger partial charge in [-0.15, -0.1) is 0 Å². The fraction of sp³-hybridized carbons (Fsp3) is 0.154. The van der Waals surface area contributed by atoms with Crippen molar-refractivity contribution in [2.24, 2.45) is 0 Å². The first kappa shape index (κ1) is 14.9. The van der Waals surface area contributed by atoms with E-state index in [9.17, 15) is 18.5 Å². The lowest BCUT2D eigenvalue weighted by Gasteiger charge is -2.18. The number of para-hydroxylation sites is 1. The van der Waals surface area contributed by atoms with Crippen LogP contribution in [-0.2, 0) is 15.8 Å². The van der Waals surface area contributed by atoms with Crippen LogP contribution in [0, 0.1) is 10.1 Å². The van der Waals surface area contributed by atoms with E-state index in [0.29, 0.717) is 0 Å². The molecule has 0 radical (unpaired) electrons. The van der Waals surface area contributed by atoms with E-state index in [0.717, 1.165) is 4.31 Å². The topological polar surface area (TPSA) is 93.4 Å². The Morgan fingerprint density at radius 1 is 1.19 bits per heavy atom. The van der Waals surface area contributed by atoms with E-state index in [2.05, 4.69) is 4.98 Å². The zero-order valence-electron chi connectivity index (χ0n) is 11.2. The van der Waals surface area contributed by atoms with Crippen molar-refractivity contribution in [3.63, 3.8) is 0 Å². The Bertz CT molecular complexity index is 747. The van der Waals surface area contributed by atoms with E-state index in [1.54, 1.807) is 24.3 Å². The molecular weight excluding hydrogens is 294 g/mol. The van der Waals surface area contributed by atoms with Crippen LogP contribution in [-0.4, -0.2) is 25.4 Å². The van der Waals surface area contributed by atoms with Crippen molar-refractivity contribution in [3.05, 3.63) is 64.3 Å². The van der Waals surface area contributed by atoms with E-state index in [1.165, 1.54) is 31.4 Å². The second-order valence-electron chi connectivity index (χ2n) is 4.30. The molecule has 0 atom stereocenters. The summed E-state index contributed by atoms with van der Waals surface area (Å²) in [6.07, 6.45) is 1.48. The molecule has 21 heavy (non-hydrogen) atoms. The van der Waals surface area contributed by atoms with Crippen molar-refractivity contribution in [2.45, 2.75) is 5.75 Å². The lowest BCUT2D eigenvalue weighted by Crippen LogP contribution is -2.28. The Morgan fingerprint density at radius 3 is 2.48 bits per heavy atom. The number of rotatable bonds is 5. The summed E-state index contributed by atoms with van der Waals surface area (Å²) in [5, 5.41) is 10.9. The van der Waals surface area contributed by atoms with Crippen LogP contribution in [0.1, 0.15) is 5.56 Å². The van der Waals surface area contributed by atoms with Gasteiger partial charge in [-0.05, 0) is 12.1 Å². The molecule has 0 amide bonds. The molecule has 1 aromatic carbocycles. The minimum absolute atomic E-state index is 0.144. The normalized spacial score (nSPS) is 11.1. The molecule has 0 N–H and O–H groups in total. The summed E-state index contributed by atoms with van der Waals surface area (Å²) in [7, 11) is -2.39. The number of hydrogen-bond acceptors (Lipinski definition) is 5. The Labute approximate surface area is 122 Å². The summed E-state index contributed by atoms with van der Waals surface area (Å²) in [4.78, 5) is 14.3. The van der Waals surface area contributed by atoms with Gasteiger partial charge in [0.25, 0.3) is 5.69 Å². The van der Waals surface area contributed by atoms with Crippen molar-refractivity contribution in [1.82, 2.24) is 4.98 Å². The standard InChI is InChI=1S/C13H13N3O4S/c1-15(13-8-4-5-9-14-13)21(19,20)10-11-6-2-3-7-12(11)16(17)18/h2-9H,10H2,1H3. The van der Waals surface area contributed by atoms with Gasteiger partial charge in [-0.3, -0.25) is 14.4 Å². The number of nitro groups is 1. The number of nitrogens with zero attached hydrogens (tertiary/aromatic N) is 3. The molecule has 0 saturated carbocycles. The maximum atomic E-state index is 12.3. The highest BCUT2D eigenvalue weighted by atomic mass is 32.2. The Balaban J connectivity index is 2.32. The van der Waals surface area contributed by atoms with Crippen LogP contribution >= 0.6 is 0 Å². The Hall–Kier alpha value is -2.48. The molecule has 2 aromatic rings. The van der Waals surface area contributed by atoms with Gasteiger partial charge in [-0.1, -0.05) is 24.3 Å². The summed E-state index contributed by atoms with van der Waals surface area (Å²) in [6, 6.07) is 10.7. The Morgan fingerprint density at radius 2 is 1.86 bits per heavy atom. The van der Waals surface area contributed by atoms with Gasteiger partial charge >= 0.3 is 0 Å². The molecule has 0 spiro atoms. The van der Waals surface area contributed by atoms with Gasteiger partial charge in [0.1, 0.15) is 11.6 Å². The summed E-state index contributed by atoms with van der Waals surface area (Å²) in [6.45, 7) is 0. The first-order valence-electron chi connectivity index (χ1n) is 6.02. The SMILES string of the molecule is CN(c1ccccn1)S(=O)(=O)Cc1ccccc1[N+](=O)[O-]. The first-order chi connectivity index (χ1) is 9.92. The van der Waals surface area contributed by atoms with E-state index in [-0.39, 0.29) is 17.1 Å². The lowest BCUT2D eigenvalue weighted by atomic mass is 10.2. The van der Waals surface area contributed by atoms with Crippen molar-refractivity contribution >= 4 is 21.5 Å². The fourth-order valence-corrected chi connectivity index (χ4v) is 3.01. The van der Waals surface area contributed by atoms with Gasteiger partial charge in [-0.25, -0.2) is 13.4 Å². The average molecular weight is 307 g/mol. The first-order valence-corrected chi connectivity index (χ1v) is 7.62. The van der Waals surface area contributed by atoms with Crippen LogP contribution in [0.3, 0.4) is 0 Å². The van der Waals surface area contributed by atoms with E-state index < -0.39 is 20.7 Å². The fourth-order valence-electron chi connectivity index (χ4n) is 1.79. The van der Waals surface area contributed by atoms with Gasteiger partial charge < -0.3 is 0 Å². The minimum atomic E-state index is -3.76. The zero-order valence-corrected chi connectivity index (χ0v) is 12.0. The quantitative estimate of drug-likeness (QED) is 0.621. The van der Waals surface area contributed by atoms with Crippen molar-refractivity contribution in [1.29, 1.82) is 0 Å². The van der Waals surface area contributed by atoms with Crippen molar-refractivity contribution < 1.29 is 13.3 Å². The third-order valence-corrected chi connectivity index (χ3v) is 4.61. The summed E-state index contributed by atoms with van der Waals surface area (Å²) in [5.41, 5.74) is -0.0687. The Kier molecular flexibility index (Phi) is 4.18. The van der Waals surface area contributed by atoms with E-state index in [1.807, 2.05) is 0 Å². The molecule has 110 valence electrons. The van der Waals surface area contributed by atoms with Crippen molar-refractivity contribution in [3.8, 4) is 0 Å². The van der Waals surface area contributed by atoms with Gasteiger partial charge in [0.15, 0.2) is 0 Å². The van der Waals surface area contributed by atoms with Crippen LogP contribution in [0.15, 0.2) is 48.7 Å². The molecule has 0 aliphatic rings. The highest BCUT2D eigenvalue weighted by Crippen LogP contribution is 2.22. The zero-order chi connectivity index (χ0) is 15.5. The monoisotopic (exact) mass is 307 g/mol. The number of nitro benzene ring substituents is 1. The van der Waals surface area contributed by atoms with Crippen LogP contribution in [0.4, 0.5) is 11.5 Å². The molecule has 7 nitrogen and oxygen atoms in total. The summed E-state index contributed by atoms with van der Waals surface area (Å²) < 4.78 is 25.7. The third kappa shape index (κ3) is 3.34. The van der Waals surface area contributed by atoms with E-state index in [4.69, 9.17) is 0 Å². The van der Waals surface area contributed by atoms with Crippen LogP contribution in [0.25, 0.3) is 0 Å². The minimum Gasteiger partial charge on any atom is -0.258 e. The predicted molar refractivity (Wildman–Crippen MR) is 78.4 cm³/mol. The number of anilines is 1. The molecule has 1 aromatic heterocycles. The third-order valence-electron chi connectivity index (χ3n) is 2.92. The second kappa shape index (κ2) is 5.88. The highest BCUT2D eigenvalue weighted by molar-refractivity contribution is 7.92. The lowest BCUT2D eigenvalue weighted by molar-refractivity contribution is -0.385. The molecule has 0 aliphatic carbocycles.